The van der Waals surface area contributed by atoms with E-state index in [0.717, 1.165) is 17.4 Å². The number of nitrogens with two attached hydrogens (primary N) is 1. The Morgan fingerprint density at radius 1 is 1.29 bits per heavy atom. The zero-order chi connectivity index (χ0) is 14.6. The zero-order valence-electron chi connectivity index (χ0n) is 11.7. The van der Waals surface area contributed by atoms with E-state index < -0.39 is 5.91 Å². The summed E-state index contributed by atoms with van der Waals surface area (Å²) in [5, 5.41) is 0. The third-order valence-corrected chi connectivity index (χ3v) is 6.52. The van der Waals surface area contributed by atoms with Gasteiger partial charge in [0, 0.05) is 11.1 Å². The summed E-state index contributed by atoms with van der Waals surface area (Å²) in [7, 11) is 0. The van der Waals surface area contributed by atoms with Gasteiger partial charge in [-0.15, -0.1) is 11.3 Å². The Hall–Kier alpha value is -1.62. The lowest BCUT2D eigenvalue weighted by Gasteiger charge is -2.42. The molecule has 2 heterocycles. The van der Waals surface area contributed by atoms with Crippen molar-refractivity contribution in [3.05, 3.63) is 32.9 Å². The molecule has 5 rings (SSSR count). The SMILES string of the molecule is NC(=O)c1c[nH]c2cc(C3CC4CCC3CC4)sc2c1=O. The predicted molar refractivity (Wildman–Crippen MR) is 83.8 cm³/mol. The third kappa shape index (κ3) is 2.02. The first-order valence-electron chi connectivity index (χ1n) is 7.58. The van der Waals surface area contributed by atoms with Crippen LogP contribution in [0, 0.1) is 11.8 Å². The van der Waals surface area contributed by atoms with Gasteiger partial charge >= 0.3 is 0 Å². The van der Waals surface area contributed by atoms with Crippen LogP contribution in [0.4, 0.5) is 0 Å². The fourth-order valence-corrected chi connectivity index (χ4v) is 5.40. The van der Waals surface area contributed by atoms with Gasteiger partial charge in [0.05, 0.1) is 10.2 Å². The van der Waals surface area contributed by atoms with Crippen LogP contribution in [0.15, 0.2) is 17.1 Å². The maximum Gasteiger partial charge on any atom is 0.254 e. The van der Waals surface area contributed by atoms with Crippen LogP contribution < -0.4 is 11.2 Å². The molecule has 3 aliphatic rings. The van der Waals surface area contributed by atoms with Gasteiger partial charge in [0.25, 0.3) is 5.91 Å². The largest absolute Gasteiger partial charge is 0.365 e. The Morgan fingerprint density at radius 3 is 2.67 bits per heavy atom. The molecule has 21 heavy (non-hydrogen) atoms. The minimum absolute atomic E-state index is 0.0565. The second kappa shape index (κ2) is 4.70. The summed E-state index contributed by atoms with van der Waals surface area (Å²) in [6, 6.07) is 2.11. The summed E-state index contributed by atoms with van der Waals surface area (Å²) in [6.07, 6.45) is 8.09. The summed E-state index contributed by atoms with van der Waals surface area (Å²) in [5.74, 6) is 1.57. The van der Waals surface area contributed by atoms with Gasteiger partial charge in [-0.1, -0.05) is 12.8 Å². The number of amides is 1. The van der Waals surface area contributed by atoms with E-state index in [1.54, 1.807) is 11.3 Å². The number of carbonyl (C=O) groups is 1. The average molecular weight is 302 g/mol. The van der Waals surface area contributed by atoms with E-state index >= 15 is 0 Å². The lowest BCUT2D eigenvalue weighted by Crippen LogP contribution is -2.29. The molecule has 1 amide bonds. The Bertz CT molecular complexity index is 768. The number of primary amides is 1. The van der Waals surface area contributed by atoms with Gasteiger partial charge in [-0.05, 0) is 43.1 Å². The quantitative estimate of drug-likeness (QED) is 0.894. The van der Waals surface area contributed by atoms with Crippen molar-refractivity contribution in [1.82, 2.24) is 4.98 Å². The minimum Gasteiger partial charge on any atom is -0.365 e. The molecule has 4 nitrogen and oxygen atoms in total. The van der Waals surface area contributed by atoms with Crippen LogP contribution in [-0.4, -0.2) is 10.9 Å². The highest BCUT2D eigenvalue weighted by molar-refractivity contribution is 7.19. The van der Waals surface area contributed by atoms with Crippen molar-refractivity contribution in [2.75, 3.05) is 0 Å². The number of aromatic amines is 1. The van der Waals surface area contributed by atoms with E-state index in [9.17, 15) is 9.59 Å². The first-order valence-corrected chi connectivity index (χ1v) is 8.40. The average Bonchev–Trinajstić information content (AvgIpc) is 2.93. The summed E-state index contributed by atoms with van der Waals surface area (Å²) in [6.45, 7) is 0. The zero-order valence-corrected chi connectivity index (χ0v) is 12.5. The van der Waals surface area contributed by atoms with Gasteiger partial charge in [-0.3, -0.25) is 9.59 Å². The molecular formula is C16H18N2O2S. The van der Waals surface area contributed by atoms with Crippen molar-refractivity contribution < 1.29 is 4.79 Å². The molecule has 2 bridgehead atoms. The molecule has 0 spiro atoms. The lowest BCUT2D eigenvalue weighted by atomic mass is 9.64. The van der Waals surface area contributed by atoms with Crippen molar-refractivity contribution in [3.8, 4) is 0 Å². The number of thiophene rings is 1. The molecule has 1 atom stereocenters. The van der Waals surface area contributed by atoms with E-state index in [4.69, 9.17) is 5.73 Å². The molecule has 0 radical (unpaired) electrons. The molecule has 0 aliphatic heterocycles. The fraction of sp³-hybridized carbons (Fsp3) is 0.500. The maximum absolute atomic E-state index is 12.3. The van der Waals surface area contributed by atoms with Crippen LogP contribution in [0.3, 0.4) is 0 Å². The monoisotopic (exact) mass is 302 g/mol. The Morgan fingerprint density at radius 2 is 2.05 bits per heavy atom. The Kier molecular flexibility index (Phi) is 2.92. The minimum atomic E-state index is -0.662. The van der Waals surface area contributed by atoms with Crippen molar-refractivity contribution in [2.24, 2.45) is 17.6 Å². The van der Waals surface area contributed by atoms with Crippen molar-refractivity contribution >= 4 is 27.5 Å². The number of rotatable bonds is 2. The highest BCUT2D eigenvalue weighted by Gasteiger charge is 2.37. The van der Waals surface area contributed by atoms with Gasteiger partial charge in [0.15, 0.2) is 0 Å². The van der Waals surface area contributed by atoms with Gasteiger partial charge in [-0.2, -0.15) is 0 Å². The number of carbonyl (C=O) groups excluding carboxylic acids is 1. The van der Waals surface area contributed by atoms with Gasteiger partial charge in [-0.25, -0.2) is 0 Å². The van der Waals surface area contributed by atoms with Crippen LogP contribution >= 0.6 is 11.3 Å². The maximum atomic E-state index is 12.3. The summed E-state index contributed by atoms with van der Waals surface area (Å²) >= 11 is 1.55. The topological polar surface area (TPSA) is 76.0 Å². The van der Waals surface area contributed by atoms with Crippen LogP contribution in [0.1, 0.15) is 53.3 Å². The Balaban J connectivity index is 1.79. The molecule has 2 aromatic heterocycles. The second-order valence-corrected chi connectivity index (χ2v) is 7.49. The molecule has 3 saturated carbocycles. The molecule has 2 aromatic rings. The summed E-state index contributed by atoms with van der Waals surface area (Å²) < 4.78 is 0.641. The second-order valence-electron chi connectivity index (χ2n) is 6.41. The van der Waals surface area contributed by atoms with Gasteiger partial charge in [0.2, 0.25) is 5.43 Å². The van der Waals surface area contributed by atoms with Crippen molar-refractivity contribution in [1.29, 1.82) is 0 Å². The number of pyridine rings is 1. The number of H-pyrrole nitrogens is 1. The molecule has 3 N–H and O–H groups in total. The molecular weight excluding hydrogens is 284 g/mol. The van der Waals surface area contributed by atoms with Crippen molar-refractivity contribution in [3.63, 3.8) is 0 Å². The smallest absolute Gasteiger partial charge is 0.254 e. The van der Waals surface area contributed by atoms with E-state index in [0.29, 0.717) is 10.6 Å². The van der Waals surface area contributed by atoms with Crippen LogP contribution in [0.2, 0.25) is 0 Å². The fourth-order valence-electron chi connectivity index (χ4n) is 4.12. The number of nitrogens with one attached hydrogen (secondary N) is 1. The number of hydrogen-bond acceptors (Lipinski definition) is 3. The molecule has 5 heteroatoms. The first-order chi connectivity index (χ1) is 10.1. The highest BCUT2D eigenvalue weighted by atomic mass is 32.1. The summed E-state index contributed by atoms with van der Waals surface area (Å²) in [4.78, 5) is 28.0. The standard InChI is InChI=1S/C16H18N2O2S/c17-16(20)11-7-18-12-6-13(21-15(12)14(11)19)10-5-8-1-3-9(10)4-2-8/h6-10H,1-5H2,(H2,17,20)(H,18,19). The van der Waals surface area contributed by atoms with Crippen molar-refractivity contribution in [2.45, 2.75) is 38.0 Å². The molecule has 3 fully saturated rings. The van der Waals surface area contributed by atoms with Gasteiger partial charge < -0.3 is 10.7 Å². The lowest BCUT2D eigenvalue weighted by molar-refractivity contribution is 0.0999. The van der Waals surface area contributed by atoms with E-state index in [1.807, 2.05) is 0 Å². The van der Waals surface area contributed by atoms with Crippen LogP contribution in [0.5, 0.6) is 0 Å². The first kappa shape index (κ1) is 13.1. The molecule has 110 valence electrons. The highest BCUT2D eigenvalue weighted by Crippen LogP contribution is 2.51. The third-order valence-electron chi connectivity index (χ3n) is 5.25. The van der Waals surface area contributed by atoms with Gasteiger partial charge in [0.1, 0.15) is 5.56 Å². The van der Waals surface area contributed by atoms with Crippen LogP contribution in [-0.2, 0) is 0 Å². The normalized spacial score (nSPS) is 28.1. The van der Waals surface area contributed by atoms with E-state index in [2.05, 4.69) is 11.1 Å². The molecule has 0 saturated heterocycles. The number of aromatic nitrogens is 1. The molecule has 0 aromatic carbocycles. The number of hydrogen-bond donors (Lipinski definition) is 2. The molecule has 1 unspecified atom stereocenters. The van der Waals surface area contributed by atoms with Crippen LogP contribution in [0.25, 0.3) is 10.2 Å². The van der Waals surface area contributed by atoms with E-state index in [1.165, 1.54) is 43.2 Å². The Labute approximate surface area is 126 Å². The summed E-state index contributed by atoms with van der Waals surface area (Å²) in [5.41, 5.74) is 5.92. The predicted octanol–water partition coefficient (Wildman–Crippen LogP) is 2.98. The molecule has 3 aliphatic carbocycles. The van der Waals surface area contributed by atoms with E-state index in [-0.39, 0.29) is 11.0 Å². The number of fused-ring (bicyclic) bond motifs is 4.